The van der Waals surface area contributed by atoms with Crippen molar-refractivity contribution in [2.75, 3.05) is 50.5 Å². The number of piperazine rings is 1. The number of carbonyl (C=O) groups is 1. The molecule has 1 saturated heterocycles. The Hall–Kier alpha value is -2.10. The van der Waals surface area contributed by atoms with E-state index in [-0.39, 0.29) is 19.1 Å². The summed E-state index contributed by atoms with van der Waals surface area (Å²) in [5.41, 5.74) is 1.47. The maximum Gasteiger partial charge on any atom is 0.252 e. The van der Waals surface area contributed by atoms with E-state index in [9.17, 15) is 13.2 Å². The number of hydrogen-bond donors (Lipinski definition) is 2. The molecular weight excluding hydrogens is 344 g/mol. The van der Waals surface area contributed by atoms with Crippen LogP contribution in [0, 0.1) is 0 Å². The van der Waals surface area contributed by atoms with Gasteiger partial charge in [-0.25, -0.2) is 8.42 Å². The van der Waals surface area contributed by atoms with Crippen LogP contribution in [0.5, 0.6) is 0 Å². The third kappa shape index (κ3) is 3.78. The highest BCUT2D eigenvalue weighted by molar-refractivity contribution is 7.88. The number of aromatic nitrogens is 1. The van der Waals surface area contributed by atoms with Crippen LogP contribution in [-0.2, 0) is 10.0 Å². The minimum absolute atomic E-state index is 0.104. The maximum atomic E-state index is 12.1. The molecule has 0 spiro atoms. The Morgan fingerprint density at radius 3 is 2.48 bits per heavy atom. The quantitative estimate of drug-likeness (QED) is 0.761. The molecule has 3 heterocycles. The number of hydrogen-bond acceptors (Lipinski definition) is 5. The fraction of sp³-hybridized carbons (Fsp3) is 0.438. The van der Waals surface area contributed by atoms with Gasteiger partial charge in [0.1, 0.15) is 5.82 Å². The topological polar surface area (TPSA) is 94.4 Å². The number of pyridine rings is 1. The van der Waals surface area contributed by atoms with Gasteiger partial charge in [-0.15, -0.1) is 0 Å². The smallest absolute Gasteiger partial charge is 0.252 e. The molecule has 25 heavy (non-hydrogen) atoms. The van der Waals surface area contributed by atoms with Gasteiger partial charge in [0.2, 0.25) is 10.0 Å². The Kier molecular flexibility index (Phi) is 4.98. The van der Waals surface area contributed by atoms with Gasteiger partial charge in [-0.05, 0) is 24.3 Å². The van der Waals surface area contributed by atoms with Crippen LogP contribution in [-0.4, -0.2) is 73.7 Å². The minimum Gasteiger partial charge on any atom is -0.395 e. The average Bonchev–Trinajstić information content (AvgIpc) is 3.02. The summed E-state index contributed by atoms with van der Waals surface area (Å²) in [6.07, 6.45) is 2.99. The van der Waals surface area contributed by atoms with Crippen LogP contribution in [0.2, 0.25) is 0 Å². The summed E-state index contributed by atoms with van der Waals surface area (Å²) < 4.78 is 26.7. The standard InChI is InChI=1S/C16H22N4O4S/c1-25(23,24)19-9-7-18(8-10-19)15-5-4-14-3-2-13(12-20(14)15)16(22)17-6-11-21/h2-5,12,21H,6-11H2,1H3,(H,17,22). The molecule has 0 aliphatic carbocycles. The van der Waals surface area contributed by atoms with Gasteiger partial charge in [0.25, 0.3) is 5.91 Å². The van der Waals surface area contributed by atoms with Gasteiger partial charge < -0.3 is 19.7 Å². The zero-order chi connectivity index (χ0) is 18.0. The number of amides is 1. The van der Waals surface area contributed by atoms with E-state index < -0.39 is 10.0 Å². The van der Waals surface area contributed by atoms with Gasteiger partial charge in [0.15, 0.2) is 0 Å². The molecule has 8 nitrogen and oxygen atoms in total. The molecular formula is C16H22N4O4S. The number of anilines is 1. The van der Waals surface area contributed by atoms with Crippen molar-refractivity contribution in [3.8, 4) is 0 Å². The molecule has 2 N–H and O–H groups in total. The molecule has 1 aliphatic heterocycles. The Balaban J connectivity index is 1.82. The normalized spacial score (nSPS) is 16.3. The number of nitrogens with zero attached hydrogens (tertiary/aromatic N) is 3. The summed E-state index contributed by atoms with van der Waals surface area (Å²) in [6.45, 7) is 2.20. The van der Waals surface area contributed by atoms with E-state index in [4.69, 9.17) is 5.11 Å². The minimum atomic E-state index is -3.16. The van der Waals surface area contributed by atoms with Crippen molar-refractivity contribution >= 4 is 27.3 Å². The van der Waals surface area contributed by atoms with Crippen molar-refractivity contribution in [1.29, 1.82) is 0 Å². The van der Waals surface area contributed by atoms with E-state index in [0.29, 0.717) is 31.7 Å². The second-order valence-electron chi connectivity index (χ2n) is 6.03. The first-order valence-corrected chi connectivity index (χ1v) is 9.95. The maximum absolute atomic E-state index is 12.1. The number of rotatable bonds is 5. The summed E-state index contributed by atoms with van der Waals surface area (Å²) in [6, 6.07) is 7.55. The van der Waals surface area contributed by atoms with Crippen LogP contribution in [0.1, 0.15) is 10.4 Å². The zero-order valence-electron chi connectivity index (χ0n) is 14.1. The number of aliphatic hydroxyl groups excluding tert-OH is 1. The van der Waals surface area contributed by atoms with Crippen LogP contribution >= 0.6 is 0 Å². The first kappa shape index (κ1) is 17.7. The second-order valence-corrected chi connectivity index (χ2v) is 8.02. The first-order valence-electron chi connectivity index (χ1n) is 8.10. The van der Waals surface area contributed by atoms with Gasteiger partial charge >= 0.3 is 0 Å². The lowest BCUT2D eigenvalue weighted by molar-refractivity contribution is 0.0944. The first-order chi connectivity index (χ1) is 11.9. The van der Waals surface area contributed by atoms with E-state index in [2.05, 4.69) is 10.2 Å². The van der Waals surface area contributed by atoms with Crippen molar-refractivity contribution in [3.05, 3.63) is 36.0 Å². The van der Waals surface area contributed by atoms with Gasteiger partial charge in [-0.2, -0.15) is 4.31 Å². The van der Waals surface area contributed by atoms with E-state index in [1.54, 1.807) is 12.3 Å². The van der Waals surface area contributed by atoms with Gasteiger partial charge in [0.05, 0.1) is 18.4 Å². The van der Waals surface area contributed by atoms with Crippen molar-refractivity contribution in [1.82, 2.24) is 14.0 Å². The summed E-state index contributed by atoms with van der Waals surface area (Å²) in [7, 11) is -3.16. The van der Waals surface area contributed by atoms with Crippen molar-refractivity contribution in [2.45, 2.75) is 0 Å². The van der Waals surface area contributed by atoms with Gasteiger partial charge in [-0.3, -0.25) is 4.79 Å². The molecule has 0 atom stereocenters. The van der Waals surface area contributed by atoms with E-state index in [0.717, 1.165) is 11.3 Å². The molecule has 0 unspecified atom stereocenters. The Labute approximate surface area is 146 Å². The van der Waals surface area contributed by atoms with Gasteiger partial charge in [0, 0.05) is 44.4 Å². The Morgan fingerprint density at radius 2 is 1.84 bits per heavy atom. The lowest BCUT2D eigenvalue weighted by Gasteiger charge is -2.34. The molecule has 2 aromatic rings. The fourth-order valence-electron chi connectivity index (χ4n) is 3.00. The number of nitrogens with one attached hydrogen (secondary N) is 1. The third-order valence-electron chi connectivity index (χ3n) is 4.32. The predicted octanol–water partition coefficient (Wildman–Crippen LogP) is -0.257. The molecule has 136 valence electrons. The summed E-state index contributed by atoms with van der Waals surface area (Å²) in [5.74, 6) is 0.692. The van der Waals surface area contributed by atoms with Crippen LogP contribution in [0.4, 0.5) is 5.82 Å². The Morgan fingerprint density at radius 1 is 1.16 bits per heavy atom. The molecule has 1 fully saturated rings. The summed E-state index contributed by atoms with van der Waals surface area (Å²) in [5, 5.41) is 11.5. The summed E-state index contributed by atoms with van der Waals surface area (Å²) >= 11 is 0. The third-order valence-corrected chi connectivity index (χ3v) is 5.62. The molecule has 0 aromatic carbocycles. The highest BCUT2D eigenvalue weighted by Crippen LogP contribution is 2.22. The highest BCUT2D eigenvalue weighted by Gasteiger charge is 2.24. The molecule has 1 aliphatic rings. The largest absolute Gasteiger partial charge is 0.395 e. The van der Waals surface area contributed by atoms with Crippen molar-refractivity contribution < 1.29 is 18.3 Å². The zero-order valence-corrected chi connectivity index (χ0v) is 14.9. The second kappa shape index (κ2) is 7.03. The molecule has 0 radical (unpaired) electrons. The molecule has 0 saturated carbocycles. The molecule has 9 heteroatoms. The molecule has 0 bridgehead atoms. The average molecular weight is 366 g/mol. The highest BCUT2D eigenvalue weighted by atomic mass is 32.2. The van der Waals surface area contributed by atoms with E-state index in [1.807, 2.05) is 22.6 Å². The van der Waals surface area contributed by atoms with Crippen molar-refractivity contribution in [3.63, 3.8) is 0 Å². The monoisotopic (exact) mass is 366 g/mol. The van der Waals surface area contributed by atoms with Crippen molar-refractivity contribution in [2.24, 2.45) is 0 Å². The predicted molar refractivity (Wildman–Crippen MR) is 95.4 cm³/mol. The molecule has 3 rings (SSSR count). The number of sulfonamides is 1. The molecule has 1 amide bonds. The molecule has 2 aromatic heterocycles. The SMILES string of the molecule is CS(=O)(=O)N1CCN(c2ccc3ccc(C(=O)NCCO)cn23)CC1. The van der Waals surface area contributed by atoms with Crippen LogP contribution < -0.4 is 10.2 Å². The number of carbonyl (C=O) groups excluding carboxylic acids is 1. The van der Waals surface area contributed by atoms with Gasteiger partial charge in [-0.1, -0.05) is 0 Å². The van der Waals surface area contributed by atoms with Crippen LogP contribution in [0.25, 0.3) is 5.52 Å². The van der Waals surface area contributed by atoms with Crippen LogP contribution in [0.15, 0.2) is 30.5 Å². The van der Waals surface area contributed by atoms with E-state index >= 15 is 0 Å². The Bertz CT molecular complexity index is 869. The van der Waals surface area contributed by atoms with Crippen LogP contribution in [0.3, 0.4) is 0 Å². The fourth-order valence-corrected chi connectivity index (χ4v) is 3.83. The number of aliphatic hydroxyl groups is 1. The lowest BCUT2D eigenvalue weighted by Crippen LogP contribution is -2.48. The van der Waals surface area contributed by atoms with E-state index in [1.165, 1.54) is 10.6 Å². The number of fused-ring (bicyclic) bond motifs is 1. The lowest BCUT2D eigenvalue weighted by atomic mass is 10.2. The summed E-state index contributed by atoms with van der Waals surface area (Å²) in [4.78, 5) is 14.2.